The molecule has 12 rings (SSSR count). The number of nitrogens with zero attached hydrogens (tertiary/aromatic N) is 3. The van der Waals surface area contributed by atoms with Crippen LogP contribution in [0.25, 0.3) is 120 Å². The van der Waals surface area contributed by atoms with E-state index in [1.54, 1.807) is 0 Å². The highest BCUT2D eigenvalue weighted by molar-refractivity contribution is 7.26. The predicted molar refractivity (Wildman–Crippen MR) is 250 cm³/mol. The van der Waals surface area contributed by atoms with E-state index >= 15 is 0 Å². The Labute approximate surface area is 349 Å². The van der Waals surface area contributed by atoms with Crippen molar-refractivity contribution in [2.24, 2.45) is 0 Å². The van der Waals surface area contributed by atoms with Crippen LogP contribution in [-0.4, -0.2) is 15.0 Å². The number of hydrogen-bond acceptors (Lipinski definition) is 5. The second-order valence-electron chi connectivity index (χ2n) is 15.1. The molecule has 4 nitrogen and oxygen atoms in total. The Hall–Kier alpha value is -7.73. The predicted octanol–water partition coefficient (Wildman–Crippen LogP) is 15.3. The van der Waals surface area contributed by atoms with Crippen LogP contribution in [0.3, 0.4) is 0 Å². The monoisotopic (exact) mass is 783 g/mol. The van der Waals surface area contributed by atoms with Crippen LogP contribution in [0, 0.1) is 0 Å². The lowest BCUT2D eigenvalue weighted by Crippen LogP contribution is -1.97. The first-order valence-electron chi connectivity index (χ1n) is 20.1. The van der Waals surface area contributed by atoms with Crippen molar-refractivity contribution in [1.82, 2.24) is 15.0 Å². The van der Waals surface area contributed by atoms with Gasteiger partial charge in [0.05, 0.1) is 22.6 Å². The number of fused-ring (bicyclic) bond motifs is 8. The van der Waals surface area contributed by atoms with Gasteiger partial charge in [-0.05, 0) is 59.2 Å². The van der Waals surface area contributed by atoms with Crippen molar-refractivity contribution >= 4 is 64.4 Å². The summed E-state index contributed by atoms with van der Waals surface area (Å²) in [4.78, 5) is 16.0. The van der Waals surface area contributed by atoms with Crippen LogP contribution in [0.5, 0.6) is 0 Å². The van der Waals surface area contributed by atoms with Crippen LogP contribution in [0.1, 0.15) is 0 Å². The molecular formula is C55H33N3OS. The number of thiophene rings is 1. The molecule has 60 heavy (non-hydrogen) atoms. The summed E-state index contributed by atoms with van der Waals surface area (Å²) in [6.07, 6.45) is 0. The third-order valence-corrected chi connectivity index (χ3v) is 12.7. The maximum absolute atomic E-state index is 6.66. The van der Waals surface area contributed by atoms with Gasteiger partial charge >= 0.3 is 0 Å². The average molecular weight is 784 g/mol. The number of benzene rings is 8. The van der Waals surface area contributed by atoms with Gasteiger partial charge in [-0.25, -0.2) is 15.0 Å². The van der Waals surface area contributed by atoms with Crippen LogP contribution in [0.2, 0.25) is 0 Å². The summed E-state index contributed by atoms with van der Waals surface area (Å²) in [5, 5.41) is 5.70. The smallest absolute Gasteiger partial charge is 0.160 e. The third kappa shape index (κ3) is 5.78. The molecule has 0 unspecified atom stereocenters. The van der Waals surface area contributed by atoms with Crippen molar-refractivity contribution in [2.45, 2.75) is 0 Å². The zero-order valence-corrected chi connectivity index (χ0v) is 33.0. The molecule has 5 heteroatoms. The van der Waals surface area contributed by atoms with Gasteiger partial charge in [0, 0.05) is 64.1 Å². The molecule has 4 aromatic heterocycles. The molecule has 0 saturated heterocycles. The Bertz CT molecular complexity index is 3590. The zero-order valence-electron chi connectivity index (χ0n) is 32.2. The first-order valence-corrected chi connectivity index (χ1v) is 20.9. The molecule has 0 spiro atoms. The van der Waals surface area contributed by atoms with E-state index < -0.39 is 0 Å². The topological polar surface area (TPSA) is 51.8 Å². The summed E-state index contributed by atoms with van der Waals surface area (Å²) in [6, 6.07) is 70.1. The first-order chi connectivity index (χ1) is 29.7. The molecule has 0 aliphatic rings. The summed E-state index contributed by atoms with van der Waals surface area (Å²) in [5.74, 6) is 0.664. The molecule has 0 aliphatic heterocycles. The summed E-state index contributed by atoms with van der Waals surface area (Å²) in [5.41, 5.74) is 13.6. The van der Waals surface area contributed by atoms with Crippen molar-refractivity contribution in [3.05, 3.63) is 200 Å². The summed E-state index contributed by atoms with van der Waals surface area (Å²) >= 11 is 1.83. The molecule has 12 aromatic rings. The first kappa shape index (κ1) is 34.3. The molecule has 0 saturated carbocycles. The molecule has 280 valence electrons. The number of rotatable bonds is 6. The Morgan fingerprint density at radius 2 is 0.983 bits per heavy atom. The number of furan rings is 1. The average Bonchev–Trinajstić information content (AvgIpc) is 3.91. The Kier molecular flexibility index (Phi) is 8.00. The van der Waals surface area contributed by atoms with E-state index in [2.05, 4.69) is 164 Å². The van der Waals surface area contributed by atoms with Gasteiger partial charge in [0.15, 0.2) is 5.82 Å². The fraction of sp³-hybridized carbons (Fsp3) is 0. The van der Waals surface area contributed by atoms with Gasteiger partial charge in [-0.15, -0.1) is 11.3 Å². The summed E-state index contributed by atoms with van der Waals surface area (Å²) in [7, 11) is 0. The fourth-order valence-corrected chi connectivity index (χ4v) is 9.82. The van der Waals surface area contributed by atoms with E-state index in [0.29, 0.717) is 5.82 Å². The van der Waals surface area contributed by atoms with Crippen molar-refractivity contribution in [1.29, 1.82) is 0 Å². The highest BCUT2D eigenvalue weighted by atomic mass is 32.1. The molecule has 0 radical (unpaired) electrons. The standard InChI is InChI=1S/C55H33N3OS/c1-3-14-34(15-4-1)35-26-28-36(29-27-35)47-33-48(58-55(57-47)37-16-5-2-6-17-37)39-30-38(41-21-13-22-43-42-18-8-11-24-49(42)59-53(41)43)31-40(32-39)52-51-45-20-9-12-25-50(45)60-54(51)44-19-7-10-23-46(44)56-52/h1-33H. The highest BCUT2D eigenvalue weighted by Gasteiger charge is 2.21. The molecule has 8 aromatic carbocycles. The van der Waals surface area contributed by atoms with Crippen LogP contribution < -0.4 is 0 Å². The minimum absolute atomic E-state index is 0.664. The van der Waals surface area contributed by atoms with Crippen LogP contribution in [-0.2, 0) is 0 Å². The van der Waals surface area contributed by atoms with Crippen molar-refractivity contribution in [3.63, 3.8) is 0 Å². The number of aromatic nitrogens is 3. The Morgan fingerprint density at radius 1 is 0.383 bits per heavy atom. The zero-order chi connectivity index (χ0) is 39.6. The van der Waals surface area contributed by atoms with Crippen LogP contribution in [0.15, 0.2) is 205 Å². The molecular weight excluding hydrogens is 751 g/mol. The minimum atomic E-state index is 0.664. The van der Waals surface area contributed by atoms with E-state index in [4.69, 9.17) is 19.4 Å². The second-order valence-corrected chi connectivity index (χ2v) is 16.2. The molecule has 0 atom stereocenters. The van der Waals surface area contributed by atoms with Gasteiger partial charge in [-0.2, -0.15) is 0 Å². The van der Waals surface area contributed by atoms with E-state index in [-0.39, 0.29) is 0 Å². The summed E-state index contributed by atoms with van der Waals surface area (Å²) < 4.78 is 9.13. The largest absolute Gasteiger partial charge is 0.455 e. The molecule has 0 N–H and O–H groups in total. The van der Waals surface area contributed by atoms with Crippen LogP contribution in [0.4, 0.5) is 0 Å². The van der Waals surface area contributed by atoms with Gasteiger partial charge in [-0.1, -0.05) is 158 Å². The van der Waals surface area contributed by atoms with Crippen molar-refractivity contribution < 1.29 is 4.42 Å². The van der Waals surface area contributed by atoms with Gasteiger partial charge < -0.3 is 4.42 Å². The van der Waals surface area contributed by atoms with Crippen LogP contribution >= 0.6 is 11.3 Å². The Balaban J connectivity index is 1.13. The van der Waals surface area contributed by atoms with Gasteiger partial charge in [0.1, 0.15) is 11.2 Å². The van der Waals surface area contributed by atoms with E-state index in [1.807, 2.05) is 47.7 Å². The highest BCUT2D eigenvalue weighted by Crippen LogP contribution is 2.45. The lowest BCUT2D eigenvalue weighted by atomic mass is 9.93. The van der Waals surface area contributed by atoms with E-state index in [9.17, 15) is 0 Å². The van der Waals surface area contributed by atoms with Gasteiger partial charge in [0.25, 0.3) is 0 Å². The lowest BCUT2D eigenvalue weighted by molar-refractivity contribution is 0.670. The maximum Gasteiger partial charge on any atom is 0.160 e. The number of pyridine rings is 1. The second kappa shape index (κ2) is 14.0. The molecule has 0 aliphatic carbocycles. The third-order valence-electron chi connectivity index (χ3n) is 11.5. The minimum Gasteiger partial charge on any atom is -0.455 e. The maximum atomic E-state index is 6.66. The molecule has 0 bridgehead atoms. The summed E-state index contributed by atoms with van der Waals surface area (Å²) in [6.45, 7) is 0. The SMILES string of the molecule is c1ccc(-c2ccc(-c3cc(-c4cc(-c5cccc6c5oc5ccccc56)cc(-c5nc6ccccc6c6sc7ccccc7c56)c4)nc(-c4ccccc4)n3)cc2)cc1. The lowest BCUT2D eigenvalue weighted by Gasteiger charge is -2.14. The molecule has 0 fully saturated rings. The van der Waals surface area contributed by atoms with E-state index in [0.717, 1.165) is 94.3 Å². The number of para-hydroxylation sites is 3. The number of hydrogen-bond donors (Lipinski definition) is 0. The normalized spacial score (nSPS) is 11.7. The Morgan fingerprint density at radius 3 is 1.80 bits per heavy atom. The van der Waals surface area contributed by atoms with E-state index in [1.165, 1.54) is 20.3 Å². The molecule has 0 amide bonds. The van der Waals surface area contributed by atoms with Crippen molar-refractivity contribution in [3.8, 4) is 67.4 Å². The van der Waals surface area contributed by atoms with Crippen molar-refractivity contribution in [2.75, 3.05) is 0 Å². The fourth-order valence-electron chi connectivity index (χ4n) is 8.58. The van der Waals surface area contributed by atoms with Gasteiger partial charge in [-0.3, -0.25) is 0 Å². The van der Waals surface area contributed by atoms with Gasteiger partial charge in [0.2, 0.25) is 0 Å². The quantitative estimate of drug-likeness (QED) is 0.169. The molecule has 4 heterocycles.